The van der Waals surface area contributed by atoms with E-state index in [-0.39, 0.29) is 30.0 Å². The van der Waals surface area contributed by atoms with E-state index < -0.39 is 22.2 Å². The number of benzene rings is 2. The van der Waals surface area contributed by atoms with Crippen LogP contribution in [0, 0.1) is 10.4 Å². The van der Waals surface area contributed by atoms with Gasteiger partial charge in [-0.25, -0.2) is 0 Å². The summed E-state index contributed by atoms with van der Waals surface area (Å²) in [7, 11) is 0. The van der Waals surface area contributed by atoms with Crippen LogP contribution in [0.2, 0.25) is 0 Å². The van der Waals surface area contributed by atoms with Crippen molar-refractivity contribution in [2.45, 2.75) is 77.5 Å². The number of para-hydroxylation sites is 2. The van der Waals surface area contributed by atoms with Crippen LogP contribution in [0.3, 0.4) is 0 Å². The third-order valence-electron chi connectivity index (χ3n) is 8.48. The van der Waals surface area contributed by atoms with Gasteiger partial charge in [-0.05, 0) is 79.7 Å². The Morgan fingerprint density at radius 2 is 0.973 bits per heavy atom. The van der Waals surface area contributed by atoms with Crippen molar-refractivity contribution in [3.8, 4) is 11.5 Å². The number of rotatable bonds is 6. The zero-order valence-corrected chi connectivity index (χ0v) is 22.6. The number of nitrogens with zero attached hydrogens (tertiary/aromatic N) is 4. The zero-order valence-electron chi connectivity index (χ0n) is 22.6. The minimum absolute atomic E-state index is 0.0408. The zero-order chi connectivity index (χ0) is 27.6. The summed E-state index contributed by atoms with van der Waals surface area (Å²) in [6.45, 7) is 13.5. The molecule has 37 heavy (non-hydrogen) atoms. The molecular formula is C27H34N4O6. The number of hydroxylamine groups is 6. The molecule has 0 spiro atoms. The number of hydrogen-bond acceptors (Lipinski definition) is 6. The Hall–Kier alpha value is -3.50. The SMILES string of the molecule is CC1(C)N([O])C(c2ccccc2OCOc2ccccc2C2=[N+]([O-])C(C)(C)C(C)(C)N2[O])=[N+]([O-])C1(C)C. The molecule has 10 nitrogen and oxygen atoms in total. The van der Waals surface area contributed by atoms with Crippen LogP contribution in [0.1, 0.15) is 66.5 Å². The molecule has 10 heteroatoms. The highest BCUT2D eigenvalue weighted by molar-refractivity contribution is 5.99. The van der Waals surface area contributed by atoms with Gasteiger partial charge in [-0.2, -0.15) is 0 Å². The van der Waals surface area contributed by atoms with Crippen molar-refractivity contribution >= 4 is 11.7 Å². The van der Waals surface area contributed by atoms with E-state index in [0.717, 1.165) is 19.6 Å². The molecule has 0 fully saturated rings. The molecule has 4 rings (SSSR count). The summed E-state index contributed by atoms with van der Waals surface area (Å²) in [5, 5.41) is 54.0. The Morgan fingerprint density at radius 1 is 0.649 bits per heavy atom. The van der Waals surface area contributed by atoms with Crippen molar-refractivity contribution in [3.63, 3.8) is 0 Å². The maximum Gasteiger partial charge on any atom is 0.320 e. The maximum atomic E-state index is 13.1. The second-order valence-electron chi connectivity index (χ2n) is 11.5. The Balaban J connectivity index is 1.61. The Labute approximate surface area is 217 Å². The molecule has 2 aromatic rings. The summed E-state index contributed by atoms with van der Waals surface area (Å²) < 4.78 is 13.2. The Bertz CT molecular complexity index is 1180. The van der Waals surface area contributed by atoms with Crippen molar-refractivity contribution in [1.82, 2.24) is 10.1 Å². The van der Waals surface area contributed by atoms with E-state index in [1.165, 1.54) is 0 Å². The largest absolute Gasteiger partial charge is 0.714 e. The van der Waals surface area contributed by atoms with E-state index in [9.17, 15) is 20.8 Å². The highest BCUT2D eigenvalue weighted by atomic mass is 16.7. The van der Waals surface area contributed by atoms with E-state index in [1.807, 2.05) is 0 Å². The fraction of sp³-hybridized carbons (Fsp3) is 0.481. The molecule has 198 valence electrons. The van der Waals surface area contributed by atoms with E-state index in [0.29, 0.717) is 11.1 Å². The smallest absolute Gasteiger partial charge is 0.320 e. The minimum Gasteiger partial charge on any atom is -0.714 e. The molecule has 2 aliphatic heterocycles. The Morgan fingerprint density at radius 3 is 1.27 bits per heavy atom. The van der Waals surface area contributed by atoms with E-state index >= 15 is 0 Å². The standard InChI is InChI=1S/C27H34N4O6/c1-24(2)25(3,4)29(33)22(28(24)32)18-13-9-11-15-20(18)36-17-37-21-16-12-10-14-19(21)23-30(34)26(5,6)27(7,8)31(23)35/h9-16H,17H2,1-8H3. The van der Waals surface area contributed by atoms with Gasteiger partial charge in [0, 0.05) is 10.4 Å². The normalized spacial score (nSPS) is 21.6. The summed E-state index contributed by atoms with van der Waals surface area (Å²) >= 11 is 0. The summed E-state index contributed by atoms with van der Waals surface area (Å²) in [6, 6.07) is 13.5. The highest BCUT2D eigenvalue weighted by Crippen LogP contribution is 2.40. The molecule has 0 bridgehead atoms. The quantitative estimate of drug-likeness (QED) is 0.329. The van der Waals surface area contributed by atoms with Crippen molar-refractivity contribution in [3.05, 3.63) is 70.1 Å². The van der Waals surface area contributed by atoms with Gasteiger partial charge in [0.05, 0.1) is 0 Å². The molecule has 0 amide bonds. The average molecular weight is 511 g/mol. The van der Waals surface area contributed by atoms with Crippen molar-refractivity contribution in [2.75, 3.05) is 6.79 Å². The first kappa shape index (κ1) is 26.6. The van der Waals surface area contributed by atoms with Crippen LogP contribution in [-0.4, -0.2) is 60.2 Å². The maximum absolute atomic E-state index is 13.1. The summed E-state index contributed by atoms with van der Waals surface area (Å²) in [6.07, 6.45) is 0. The first-order chi connectivity index (χ1) is 17.1. The number of ether oxygens (including phenoxy) is 2. The van der Waals surface area contributed by atoms with Crippen LogP contribution in [0.15, 0.2) is 48.5 Å². The molecule has 2 radical (unpaired) electrons. The number of amidine groups is 2. The van der Waals surface area contributed by atoms with Gasteiger partial charge in [-0.15, -0.1) is 0 Å². The van der Waals surface area contributed by atoms with E-state index in [1.54, 1.807) is 104 Å². The highest BCUT2D eigenvalue weighted by Gasteiger charge is 2.61. The lowest BCUT2D eigenvalue weighted by Crippen LogP contribution is -2.53. The first-order valence-electron chi connectivity index (χ1n) is 12.2. The van der Waals surface area contributed by atoms with Crippen molar-refractivity contribution in [2.24, 2.45) is 0 Å². The van der Waals surface area contributed by atoms with Crippen molar-refractivity contribution < 1.29 is 29.4 Å². The molecule has 0 aromatic heterocycles. The van der Waals surface area contributed by atoms with Crippen molar-refractivity contribution in [1.29, 1.82) is 0 Å². The summed E-state index contributed by atoms with van der Waals surface area (Å²) in [5.74, 6) is 0.496. The van der Waals surface area contributed by atoms with Gasteiger partial charge in [-0.1, -0.05) is 34.4 Å². The molecule has 2 heterocycles. The molecule has 0 unspecified atom stereocenters. The lowest BCUT2D eigenvalue weighted by atomic mass is 9.84. The van der Waals surface area contributed by atoms with Crippen LogP contribution in [-0.2, 0) is 10.4 Å². The van der Waals surface area contributed by atoms with Gasteiger partial charge in [0.15, 0.2) is 11.1 Å². The lowest BCUT2D eigenvalue weighted by molar-refractivity contribution is -0.539. The van der Waals surface area contributed by atoms with Gasteiger partial charge < -0.3 is 19.9 Å². The third kappa shape index (κ3) is 3.69. The van der Waals surface area contributed by atoms with Crippen LogP contribution < -0.4 is 9.47 Å². The van der Waals surface area contributed by atoms with Crippen LogP contribution >= 0.6 is 0 Å². The van der Waals surface area contributed by atoms with Gasteiger partial charge in [-0.3, -0.25) is 9.48 Å². The monoisotopic (exact) mass is 510 g/mol. The van der Waals surface area contributed by atoms with Gasteiger partial charge in [0.1, 0.15) is 33.7 Å². The molecular weight excluding hydrogens is 476 g/mol. The van der Waals surface area contributed by atoms with Crippen LogP contribution in [0.5, 0.6) is 11.5 Å². The fourth-order valence-corrected chi connectivity index (χ4v) is 4.37. The van der Waals surface area contributed by atoms with Gasteiger partial charge in [0.25, 0.3) is 0 Å². The van der Waals surface area contributed by atoms with Crippen LogP contribution in [0.25, 0.3) is 0 Å². The lowest BCUT2D eigenvalue weighted by Gasteiger charge is -2.32. The molecule has 2 aliphatic rings. The van der Waals surface area contributed by atoms with Crippen LogP contribution in [0.4, 0.5) is 0 Å². The average Bonchev–Trinajstić information content (AvgIpc) is 3.04. The Kier molecular flexibility index (Phi) is 6.12. The molecule has 0 aliphatic carbocycles. The molecule has 0 saturated carbocycles. The topological polar surface area (TPSA) is 117 Å². The predicted molar refractivity (Wildman–Crippen MR) is 136 cm³/mol. The third-order valence-corrected chi connectivity index (χ3v) is 8.48. The molecule has 0 N–H and O–H groups in total. The predicted octanol–water partition coefficient (Wildman–Crippen LogP) is 4.05. The molecule has 0 atom stereocenters. The molecule has 2 aromatic carbocycles. The van der Waals surface area contributed by atoms with E-state index in [4.69, 9.17) is 9.47 Å². The molecule has 0 saturated heterocycles. The first-order valence-corrected chi connectivity index (χ1v) is 12.2. The second-order valence-corrected chi connectivity index (χ2v) is 11.5. The minimum atomic E-state index is -0.971. The van der Waals surface area contributed by atoms with Gasteiger partial charge in [0.2, 0.25) is 6.79 Å². The summed E-state index contributed by atoms with van der Waals surface area (Å²) in [5.41, 5.74) is -3.20. The summed E-state index contributed by atoms with van der Waals surface area (Å²) in [4.78, 5) is 0. The second kappa shape index (κ2) is 8.53. The number of hydrogen-bond donors (Lipinski definition) is 0. The fourth-order valence-electron chi connectivity index (χ4n) is 4.37. The van der Waals surface area contributed by atoms with E-state index in [2.05, 4.69) is 0 Å². The van der Waals surface area contributed by atoms with Gasteiger partial charge >= 0.3 is 11.7 Å².